The van der Waals surface area contributed by atoms with Crippen LogP contribution in [0.2, 0.25) is 0 Å². The third-order valence-electron chi connectivity index (χ3n) is 2.86. The number of nitrogens with one attached hydrogen (secondary N) is 2. The highest BCUT2D eigenvalue weighted by Crippen LogP contribution is 2.21. The molecule has 106 valence electrons. The molecule has 0 unspecified atom stereocenters. The van der Waals surface area contributed by atoms with Gasteiger partial charge >= 0.3 is 0 Å². The van der Waals surface area contributed by atoms with Crippen LogP contribution in [0, 0.1) is 6.92 Å². The first-order chi connectivity index (χ1) is 9.69. The van der Waals surface area contributed by atoms with E-state index in [1.54, 1.807) is 11.3 Å². The molecule has 0 fully saturated rings. The fraction of sp³-hybridized carbons (Fsp3) is 0.333. The number of hydrogen-bond acceptors (Lipinski definition) is 3. The molecule has 1 aromatic heterocycles. The van der Waals surface area contributed by atoms with Crippen molar-refractivity contribution in [3.05, 3.63) is 40.2 Å². The summed E-state index contributed by atoms with van der Waals surface area (Å²) in [6.45, 7) is 5.80. The number of aryl methyl sites for hydroxylation is 1. The Morgan fingerprint density at radius 2 is 2.00 bits per heavy atom. The van der Waals surface area contributed by atoms with Gasteiger partial charge in [0.15, 0.2) is 5.11 Å². The molecule has 20 heavy (non-hydrogen) atoms. The summed E-state index contributed by atoms with van der Waals surface area (Å²) >= 11 is 6.87. The van der Waals surface area contributed by atoms with E-state index in [2.05, 4.69) is 52.2 Å². The average Bonchev–Trinajstić information content (AvgIpc) is 2.90. The van der Waals surface area contributed by atoms with Gasteiger partial charge in [0.2, 0.25) is 0 Å². The van der Waals surface area contributed by atoms with E-state index in [4.69, 9.17) is 12.2 Å². The lowest BCUT2D eigenvalue weighted by Gasteiger charge is -2.09. The van der Waals surface area contributed by atoms with E-state index in [0.717, 1.165) is 35.8 Å². The van der Waals surface area contributed by atoms with Crippen molar-refractivity contribution in [3.8, 4) is 11.3 Å². The van der Waals surface area contributed by atoms with Gasteiger partial charge in [-0.05, 0) is 31.1 Å². The lowest BCUT2D eigenvalue weighted by atomic mass is 10.1. The van der Waals surface area contributed by atoms with Gasteiger partial charge in [-0.25, -0.2) is 4.98 Å². The summed E-state index contributed by atoms with van der Waals surface area (Å²) in [4.78, 5) is 4.49. The number of nitrogens with zero attached hydrogens (tertiary/aromatic N) is 1. The van der Waals surface area contributed by atoms with Crippen molar-refractivity contribution in [1.82, 2.24) is 15.6 Å². The molecule has 1 heterocycles. The molecule has 0 saturated heterocycles. The highest BCUT2D eigenvalue weighted by molar-refractivity contribution is 7.80. The summed E-state index contributed by atoms with van der Waals surface area (Å²) < 4.78 is 0. The molecule has 2 N–H and O–H groups in total. The second-order valence-electron chi connectivity index (χ2n) is 4.56. The van der Waals surface area contributed by atoms with Gasteiger partial charge in [-0.2, -0.15) is 0 Å². The van der Waals surface area contributed by atoms with Crippen molar-refractivity contribution in [2.45, 2.75) is 26.8 Å². The van der Waals surface area contributed by atoms with E-state index in [1.807, 2.05) is 6.92 Å². The molecule has 0 aliphatic heterocycles. The average molecular weight is 305 g/mol. The van der Waals surface area contributed by atoms with E-state index in [-0.39, 0.29) is 0 Å². The highest BCUT2D eigenvalue weighted by Gasteiger charge is 2.02. The fourth-order valence-corrected chi connectivity index (χ4v) is 2.57. The largest absolute Gasteiger partial charge is 0.363 e. The maximum Gasteiger partial charge on any atom is 0.166 e. The van der Waals surface area contributed by atoms with Crippen LogP contribution in [-0.2, 0) is 6.54 Å². The molecule has 0 atom stereocenters. The zero-order valence-electron chi connectivity index (χ0n) is 11.8. The molecule has 0 bridgehead atoms. The van der Waals surface area contributed by atoms with Crippen molar-refractivity contribution in [1.29, 1.82) is 0 Å². The van der Waals surface area contributed by atoms with E-state index in [9.17, 15) is 0 Å². The van der Waals surface area contributed by atoms with Crippen molar-refractivity contribution < 1.29 is 0 Å². The molecule has 0 amide bonds. The summed E-state index contributed by atoms with van der Waals surface area (Å²) in [5.41, 5.74) is 3.42. The van der Waals surface area contributed by atoms with Crippen molar-refractivity contribution >= 4 is 28.7 Å². The van der Waals surface area contributed by atoms with Crippen molar-refractivity contribution in [3.63, 3.8) is 0 Å². The number of rotatable bonds is 5. The summed E-state index contributed by atoms with van der Waals surface area (Å²) in [5, 5.41) is 10.3. The Balaban J connectivity index is 1.90. The highest BCUT2D eigenvalue weighted by atomic mass is 32.1. The standard InChI is InChI=1S/C15H19N3S2/c1-3-8-16-15(19)17-9-12-4-6-13(7-5-12)14-10-20-11(2)18-14/h4-7,10H,3,8-9H2,1-2H3,(H2,16,17,19). The summed E-state index contributed by atoms with van der Waals surface area (Å²) in [6, 6.07) is 8.43. The summed E-state index contributed by atoms with van der Waals surface area (Å²) in [6.07, 6.45) is 1.07. The van der Waals surface area contributed by atoms with E-state index in [0.29, 0.717) is 5.11 Å². The minimum absolute atomic E-state index is 0.714. The first-order valence-corrected chi connectivity index (χ1v) is 8.01. The first kappa shape index (κ1) is 14.9. The number of aromatic nitrogens is 1. The molecule has 0 aliphatic carbocycles. The molecular weight excluding hydrogens is 286 g/mol. The molecular formula is C15H19N3S2. The molecule has 0 aliphatic rings. The topological polar surface area (TPSA) is 37.0 Å². The van der Waals surface area contributed by atoms with Crippen LogP contribution in [0.25, 0.3) is 11.3 Å². The predicted molar refractivity (Wildman–Crippen MR) is 90.0 cm³/mol. The number of thiazole rings is 1. The maximum absolute atomic E-state index is 5.19. The molecule has 0 saturated carbocycles. The van der Waals surface area contributed by atoms with Crippen LogP contribution in [0.3, 0.4) is 0 Å². The molecule has 0 radical (unpaired) electrons. The smallest absolute Gasteiger partial charge is 0.166 e. The normalized spacial score (nSPS) is 10.3. The van der Waals surface area contributed by atoms with Gasteiger partial charge in [0.05, 0.1) is 10.7 Å². The first-order valence-electron chi connectivity index (χ1n) is 6.72. The lowest BCUT2D eigenvalue weighted by Crippen LogP contribution is -2.35. The molecule has 5 heteroatoms. The van der Waals surface area contributed by atoms with Crippen LogP contribution in [0.4, 0.5) is 0 Å². The van der Waals surface area contributed by atoms with Gasteiger partial charge in [0.25, 0.3) is 0 Å². The summed E-state index contributed by atoms with van der Waals surface area (Å²) in [7, 11) is 0. The number of hydrogen-bond donors (Lipinski definition) is 2. The van der Waals surface area contributed by atoms with Crippen LogP contribution in [-0.4, -0.2) is 16.6 Å². The third kappa shape index (κ3) is 4.28. The Kier molecular flexibility index (Phi) is 5.49. The molecule has 2 rings (SSSR count). The minimum atomic E-state index is 0.714. The van der Waals surface area contributed by atoms with Crippen LogP contribution < -0.4 is 10.6 Å². The SMILES string of the molecule is CCCNC(=S)NCc1ccc(-c2csc(C)n2)cc1. The number of thiocarbonyl (C=S) groups is 1. The Morgan fingerprint density at radius 1 is 1.25 bits per heavy atom. The van der Waals surface area contributed by atoms with Gasteiger partial charge in [-0.3, -0.25) is 0 Å². The summed E-state index contributed by atoms with van der Waals surface area (Å²) in [5.74, 6) is 0. The third-order valence-corrected chi connectivity index (χ3v) is 3.92. The molecule has 1 aromatic carbocycles. The number of benzene rings is 1. The van der Waals surface area contributed by atoms with Gasteiger partial charge in [-0.15, -0.1) is 11.3 Å². The second-order valence-corrected chi connectivity index (χ2v) is 6.03. The van der Waals surface area contributed by atoms with E-state index < -0.39 is 0 Å². The fourth-order valence-electron chi connectivity index (χ4n) is 1.77. The van der Waals surface area contributed by atoms with Crippen molar-refractivity contribution in [2.24, 2.45) is 0 Å². The molecule has 0 spiro atoms. The van der Waals surface area contributed by atoms with Gasteiger partial charge in [-0.1, -0.05) is 31.2 Å². The Hall–Kier alpha value is -1.46. The quantitative estimate of drug-likeness (QED) is 0.829. The molecule has 3 nitrogen and oxygen atoms in total. The second kappa shape index (κ2) is 7.36. The van der Waals surface area contributed by atoms with Crippen LogP contribution in [0.15, 0.2) is 29.6 Å². The van der Waals surface area contributed by atoms with E-state index >= 15 is 0 Å². The Labute approximate surface area is 129 Å². The monoisotopic (exact) mass is 305 g/mol. The Bertz CT molecular complexity index is 561. The lowest BCUT2D eigenvalue weighted by molar-refractivity contribution is 0.799. The van der Waals surface area contributed by atoms with Crippen LogP contribution in [0.1, 0.15) is 23.9 Å². The predicted octanol–water partition coefficient (Wildman–Crippen LogP) is 3.49. The van der Waals surface area contributed by atoms with Gasteiger partial charge in [0.1, 0.15) is 0 Å². The van der Waals surface area contributed by atoms with Crippen LogP contribution >= 0.6 is 23.6 Å². The van der Waals surface area contributed by atoms with E-state index in [1.165, 1.54) is 5.56 Å². The maximum atomic E-state index is 5.19. The van der Waals surface area contributed by atoms with Crippen molar-refractivity contribution in [2.75, 3.05) is 6.54 Å². The minimum Gasteiger partial charge on any atom is -0.363 e. The molecule has 2 aromatic rings. The van der Waals surface area contributed by atoms with Gasteiger partial charge in [0, 0.05) is 24.0 Å². The van der Waals surface area contributed by atoms with Gasteiger partial charge < -0.3 is 10.6 Å². The zero-order chi connectivity index (χ0) is 14.4. The van der Waals surface area contributed by atoms with Crippen LogP contribution in [0.5, 0.6) is 0 Å². The zero-order valence-corrected chi connectivity index (χ0v) is 13.4. The Morgan fingerprint density at radius 3 is 2.60 bits per heavy atom.